The van der Waals surface area contributed by atoms with Crippen LogP contribution < -0.4 is 4.74 Å². The smallest absolute Gasteiger partial charge is 0.122 e. The summed E-state index contributed by atoms with van der Waals surface area (Å²) in [5.41, 5.74) is 5.56. The van der Waals surface area contributed by atoms with Crippen LogP contribution >= 0.6 is 0 Å². The molecule has 1 aromatic rings. The molecule has 1 aromatic carbocycles. The van der Waals surface area contributed by atoms with E-state index in [2.05, 4.69) is 26.8 Å². The molecular weight excluding hydrogens is 224 g/mol. The van der Waals surface area contributed by atoms with E-state index >= 15 is 0 Å². The molecule has 0 spiro atoms. The van der Waals surface area contributed by atoms with Gasteiger partial charge in [-0.25, -0.2) is 0 Å². The van der Waals surface area contributed by atoms with Gasteiger partial charge in [0.1, 0.15) is 5.75 Å². The zero-order chi connectivity index (χ0) is 12.9. The third-order valence-electron chi connectivity index (χ3n) is 4.81. The first kappa shape index (κ1) is 12.0. The highest BCUT2D eigenvalue weighted by atomic mass is 16.5. The van der Waals surface area contributed by atoms with E-state index in [1.165, 1.54) is 35.1 Å². The van der Waals surface area contributed by atoms with E-state index in [0.29, 0.717) is 17.9 Å². The molecule has 2 aliphatic rings. The van der Waals surface area contributed by atoms with Crippen molar-refractivity contribution >= 4 is 0 Å². The van der Waals surface area contributed by atoms with Crippen molar-refractivity contribution in [3.05, 3.63) is 28.3 Å². The summed E-state index contributed by atoms with van der Waals surface area (Å²) in [6.07, 6.45) is 2.77. The van der Waals surface area contributed by atoms with E-state index in [0.717, 1.165) is 12.4 Å². The van der Waals surface area contributed by atoms with E-state index in [-0.39, 0.29) is 0 Å². The number of fused-ring (bicyclic) bond motifs is 3. The first-order chi connectivity index (χ1) is 8.63. The van der Waals surface area contributed by atoms with Crippen molar-refractivity contribution < 1.29 is 9.47 Å². The molecule has 18 heavy (non-hydrogen) atoms. The first-order valence-corrected chi connectivity index (χ1v) is 6.92. The Morgan fingerprint density at radius 2 is 2.11 bits per heavy atom. The van der Waals surface area contributed by atoms with E-state index in [4.69, 9.17) is 9.47 Å². The average molecular weight is 246 g/mol. The maximum absolute atomic E-state index is 6.08. The van der Waals surface area contributed by atoms with Gasteiger partial charge in [0.25, 0.3) is 0 Å². The summed E-state index contributed by atoms with van der Waals surface area (Å²) in [7, 11) is 1.76. The van der Waals surface area contributed by atoms with Crippen LogP contribution in [0, 0.1) is 25.7 Å². The molecule has 1 aliphatic carbocycles. The van der Waals surface area contributed by atoms with Crippen LogP contribution in [0.4, 0.5) is 0 Å². The molecule has 0 bridgehead atoms. The number of hydrogen-bond acceptors (Lipinski definition) is 2. The lowest BCUT2D eigenvalue weighted by Gasteiger charge is -2.32. The minimum atomic E-state index is 0.303. The number of rotatable bonds is 1. The van der Waals surface area contributed by atoms with Crippen LogP contribution in [-0.2, 0) is 11.2 Å². The summed E-state index contributed by atoms with van der Waals surface area (Å²) >= 11 is 0. The van der Waals surface area contributed by atoms with Gasteiger partial charge in [-0.2, -0.15) is 0 Å². The van der Waals surface area contributed by atoms with Gasteiger partial charge >= 0.3 is 0 Å². The van der Waals surface area contributed by atoms with Crippen molar-refractivity contribution in [3.63, 3.8) is 0 Å². The Balaban J connectivity index is 2.15. The summed E-state index contributed by atoms with van der Waals surface area (Å²) in [6.45, 7) is 7.59. The van der Waals surface area contributed by atoms with Gasteiger partial charge in [0.15, 0.2) is 0 Å². The van der Waals surface area contributed by atoms with Gasteiger partial charge in [0.05, 0.1) is 19.8 Å². The zero-order valence-electron chi connectivity index (χ0n) is 11.7. The maximum Gasteiger partial charge on any atom is 0.122 e. The lowest BCUT2D eigenvalue weighted by atomic mass is 9.75. The number of aryl methyl sites for hydroxylation is 1. The molecule has 0 N–H and O–H groups in total. The second-order valence-electron chi connectivity index (χ2n) is 5.85. The van der Waals surface area contributed by atoms with Gasteiger partial charge < -0.3 is 9.47 Å². The predicted octanol–water partition coefficient (Wildman–Crippen LogP) is 3.58. The van der Waals surface area contributed by atoms with Gasteiger partial charge in [0.2, 0.25) is 0 Å². The van der Waals surface area contributed by atoms with Crippen LogP contribution in [0.25, 0.3) is 0 Å². The standard InChI is InChI=1S/C16H22O2/c1-9-7-14(17-4)11(3)15-12(9)5-6-13-10(2)8-18-16(13)15/h7,10,13,16H,5-6,8H2,1-4H3/t10-,13+,16-/m1/s1. The zero-order valence-corrected chi connectivity index (χ0v) is 11.7. The molecule has 1 aliphatic heterocycles. The Kier molecular flexibility index (Phi) is 2.86. The highest BCUT2D eigenvalue weighted by molar-refractivity contribution is 5.51. The topological polar surface area (TPSA) is 18.5 Å². The molecule has 1 heterocycles. The molecule has 98 valence electrons. The SMILES string of the molecule is COc1cc(C)c2c(c1C)[C@@H]1OC[C@@H](C)[C@@H]1CC2. The highest BCUT2D eigenvalue weighted by Crippen LogP contribution is 2.49. The normalized spacial score (nSPS) is 29.9. The Hall–Kier alpha value is -1.02. The summed E-state index contributed by atoms with van der Waals surface area (Å²) in [6, 6.07) is 2.17. The lowest BCUT2D eigenvalue weighted by Crippen LogP contribution is -2.22. The van der Waals surface area contributed by atoms with Gasteiger partial charge in [-0.3, -0.25) is 0 Å². The first-order valence-electron chi connectivity index (χ1n) is 6.92. The quantitative estimate of drug-likeness (QED) is 0.754. The Morgan fingerprint density at radius 3 is 2.83 bits per heavy atom. The third-order valence-corrected chi connectivity index (χ3v) is 4.81. The fourth-order valence-electron chi connectivity index (χ4n) is 3.74. The summed E-state index contributed by atoms with van der Waals surface area (Å²) < 4.78 is 11.6. The Bertz CT molecular complexity index is 478. The van der Waals surface area contributed by atoms with E-state index in [1.54, 1.807) is 7.11 Å². The van der Waals surface area contributed by atoms with Crippen molar-refractivity contribution in [2.24, 2.45) is 11.8 Å². The average Bonchev–Trinajstić information content (AvgIpc) is 2.75. The van der Waals surface area contributed by atoms with Crippen LogP contribution in [-0.4, -0.2) is 13.7 Å². The molecule has 0 unspecified atom stereocenters. The predicted molar refractivity (Wildman–Crippen MR) is 72.1 cm³/mol. The van der Waals surface area contributed by atoms with Gasteiger partial charge in [-0.15, -0.1) is 0 Å². The summed E-state index contributed by atoms with van der Waals surface area (Å²) in [5, 5.41) is 0. The number of ether oxygens (including phenoxy) is 2. The minimum Gasteiger partial charge on any atom is -0.496 e. The Morgan fingerprint density at radius 1 is 1.33 bits per heavy atom. The van der Waals surface area contributed by atoms with Crippen LogP contribution in [0.5, 0.6) is 5.75 Å². The van der Waals surface area contributed by atoms with Gasteiger partial charge in [0, 0.05) is 0 Å². The second-order valence-corrected chi connectivity index (χ2v) is 5.85. The number of hydrogen-bond donors (Lipinski definition) is 0. The largest absolute Gasteiger partial charge is 0.496 e. The van der Waals surface area contributed by atoms with E-state index in [9.17, 15) is 0 Å². The van der Waals surface area contributed by atoms with Crippen LogP contribution in [0.15, 0.2) is 6.07 Å². The lowest BCUT2D eigenvalue weighted by molar-refractivity contribution is 0.0821. The number of benzene rings is 1. The molecule has 0 saturated carbocycles. The molecule has 2 nitrogen and oxygen atoms in total. The highest BCUT2D eigenvalue weighted by Gasteiger charge is 2.40. The van der Waals surface area contributed by atoms with Crippen molar-refractivity contribution in [1.29, 1.82) is 0 Å². The molecule has 3 atom stereocenters. The van der Waals surface area contributed by atoms with E-state index < -0.39 is 0 Å². The van der Waals surface area contributed by atoms with Crippen molar-refractivity contribution in [3.8, 4) is 5.75 Å². The second kappa shape index (κ2) is 4.27. The van der Waals surface area contributed by atoms with Crippen LogP contribution in [0.3, 0.4) is 0 Å². The summed E-state index contributed by atoms with van der Waals surface area (Å²) in [5.74, 6) is 2.40. The van der Waals surface area contributed by atoms with Crippen molar-refractivity contribution in [1.82, 2.24) is 0 Å². The van der Waals surface area contributed by atoms with Crippen molar-refractivity contribution in [2.45, 2.75) is 39.7 Å². The molecule has 1 fully saturated rings. The third kappa shape index (κ3) is 1.58. The fraction of sp³-hybridized carbons (Fsp3) is 0.625. The molecule has 3 rings (SSSR count). The molecular formula is C16H22O2. The fourth-order valence-corrected chi connectivity index (χ4v) is 3.74. The molecule has 0 aromatic heterocycles. The van der Waals surface area contributed by atoms with Gasteiger partial charge in [-0.05, 0) is 66.8 Å². The summed E-state index contributed by atoms with van der Waals surface area (Å²) in [4.78, 5) is 0. The van der Waals surface area contributed by atoms with Crippen LogP contribution in [0.1, 0.15) is 41.7 Å². The molecule has 1 saturated heterocycles. The number of methoxy groups -OCH3 is 1. The molecule has 0 radical (unpaired) electrons. The van der Waals surface area contributed by atoms with E-state index in [1.807, 2.05) is 0 Å². The monoisotopic (exact) mass is 246 g/mol. The minimum absolute atomic E-state index is 0.303. The van der Waals surface area contributed by atoms with Crippen molar-refractivity contribution in [2.75, 3.05) is 13.7 Å². The molecule has 0 amide bonds. The molecule has 2 heteroatoms. The van der Waals surface area contributed by atoms with Gasteiger partial charge in [-0.1, -0.05) is 6.92 Å². The maximum atomic E-state index is 6.08. The van der Waals surface area contributed by atoms with Crippen LogP contribution in [0.2, 0.25) is 0 Å². The Labute approximate surface area is 109 Å².